The third-order valence-electron chi connectivity index (χ3n) is 4.11. The lowest BCUT2D eigenvalue weighted by molar-refractivity contribution is -0.119. The average molecular weight is 348 g/mol. The molecule has 6 heteroatoms. The number of carbonyl (C=O) groups excluding carboxylic acids is 2. The van der Waals surface area contributed by atoms with E-state index in [2.05, 4.69) is 9.97 Å². The highest BCUT2D eigenvalue weighted by atomic mass is 16.2. The summed E-state index contributed by atoms with van der Waals surface area (Å²) >= 11 is 0. The minimum absolute atomic E-state index is 0.130. The maximum absolute atomic E-state index is 13.2. The highest BCUT2D eigenvalue weighted by Crippen LogP contribution is 2.25. The minimum atomic E-state index is -0.544. The van der Waals surface area contributed by atoms with E-state index in [-0.39, 0.29) is 18.5 Å². The quantitative estimate of drug-likeness (QED) is 0.767. The molecule has 0 saturated heterocycles. The van der Waals surface area contributed by atoms with E-state index in [4.69, 9.17) is 5.73 Å². The molecule has 3 rings (SSSR count). The van der Waals surface area contributed by atoms with Gasteiger partial charge in [-0.3, -0.25) is 14.6 Å². The van der Waals surface area contributed by atoms with Crippen LogP contribution in [0.1, 0.15) is 24.2 Å². The Morgan fingerprint density at radius 1 is 1.15 bits per heavy atom. The number of fused-ring (bicyclic) bond motifs is 1. The van der Waals surface area contributed by atoms with Crippen LogP contribution in [-0.2, 0) is 4.79 Å². The van der Waals surface area contributed by atoms with E-state index >= 15 is 0 Å². The molecular formula is C20H20N4O2. The monoisotopic (exact) mass is 348 g/mol. The highest BCUT2D eigenvalue weighted by Gasteiger charge is 2.23. The second-order valence-corrected chi connectivity index (χ2v) is 6.31. The Hall–Kier alpha value is -3.28. The Morgan fingerprint density at radius 3 is 2.58 bits per heavy atom. The first-order chi connectivity index (χ1) is 12.5. The Kier molecular flexibility index (Phi) is 4.93. The molecule has 0 atom stereocenters. The number of rotatable bonds is 5. The van der Waals surface area contributed by atoms with E-state index in [1.807, 2.05) is 50.2 Å². The molecule has 0 aliphatic heterocycles. The number of nitrogens with zero attached hydrogens (tertiary/aromatic N) is 3. The molecule has 0 bridgehead atoms. The SMILES string of the molecule is CC(C)N(CC(N)=O)C(=O)c1cc(-c2cccnc2)nc2ccccc12. The Balaban J connectivity index is 2.17. The Labute approximate surface area is 151 Å². The van der Waals surface area contributed by atoms with Gasteiger partial charge in [0.05, 0.1) is 23.3 Å². The zero-order valence-corrected chi connectivity index (χ0v) is 14.7. The second-order valence-electron chi connectivity index (χ2n) is 6.31. The number of pyridine rings is 2. The summed E-state index contributed by atoms with van der Waals surface area (Å²) in [5, 5.41) is 0.736. The number of aromatic nitrogens is 2. The van der Waals surface area contributed by atoms with Crippen molar-refractivity contribution in [1.82, 2.24) is 14.9 Å². The van der Waals surface area contributed by atoms with Gasteiger partial charge in [-0.2, -0.15) is 0 Å². The molecule has 132 valence electrons. The van der Waals surface area contributed by atoms with Crippen molar-refractivity contribution in [2.45, 2.75) is 19.9 Å². The van der Waals surface area contributed by atoms with Gasteiger partial charge in [0.25, 0.3) is 5.91 Å². The molecule has 2 heterocycles. The van der Waals surface area contributed by atoms with Crippen LogP contribution < -0.4 is 5.73 Å². The fourth-order valence-corrected chi connectivity index (χ4v) is 2.83. The summed E-state index contributed by atoms with van der Waals surface area (Å²) in [6.45, 7) is 3.58. The van der Waals surface area contributed by atoms with Crippen molar-refractivity contribution in [1.29, 1.82) is 0 Å². The zero-order chi connectivity index (χ0) is 18.7. The number of amides is 2. The fraction of sp³-hybridized carbons (Fsp3) is 0.200. The standard InChI is InChI=1S/C20H20N4O2/c1-13(2)24(12-19(21)25)20(26)16-10-18(14-6-5-9-22-11-14)23-17-8-4-3-7-15(16)17/h3-11,13H,12H2,1-2H3,(H2,21,25). The van der Waals surface area contributed by atoms with Crippen LogP contribution in [0.3, 0.4) is 0 Å². The van der Waals surface area contributed by atoms with Gasteiger partial charge in [0, 0.05) is 29.4 Å². The van der Waals surface area contributed by atoms with Gasteiger partial charge in [-0.1, -0.05) is 18.2 Å². The highest BCUT2D eigenvalue weighted by molar-refractivity contribution is 6.08. The number of hydrogen-bond donors (Lipinski definition) is 1. The number of primary amides is 1. The first-order valence-electron chi connectivity index (χ1n) is 8.37. The van der Waals surface area contributed by atoms with Crippen molar-refractivity contribution in [3.63, 3.8) is 0 Å². The zero-order valence-electron chi connectivity index (χ0n) is 14.7. The summed E-state index contributed by atoms with van der Waals surface area (Å²) in [4.78, 5) is 34.8. The maximum Gasteiger partial charge on any atom is 0.255 e. The lowest BCUT2D eigenvalue weighted by Crippen LogP contribution is -2.42. The van der Waals surface area contributed by atoms with Gasteiger partial charge in [-0.25, -0.2) is 4.98 Å². The van der Waals surface area contributed by atoms with E-state index in [0.29, 0.717) is 16.8 Å². The van der Waals surface area contributed by atoms with Crippen molar-refractivity contribution < 1.29 is 9.59 Å². The van der Waals surface area contributed by atoms with Gasteiger partial charge in [0.2, 0.25) is 5.91 Å². The normalized spacial score (nSPS) is 10.9. The molecule has 0 aliphatic rings. The van der Waals surface area contributed by atoms with E-state index in [9.17, 15) is 9.59 Å². The molecule has 0 unspecified atom stereocenters. The van der Waals surface area contributed by atoms with Gasteiger partial charge in [-0.05, 0) is 38.1 Å². The minimum Gasteiger partial charge on any atom is -0.368 e. The summed E-state index contributed by atoms with van der Waals surface area (Å²) in [6.07, 6.45) is 3.39. The summed E-state index contributed by atoms with van der Waals surface area (Å²) in [6, 6.07) is 12.7. The van der Waals surface area contributed by atoms with Crippen molar-refractivity contribution in [3.05, 3.63) is 60.4 Å². The van der Waals surface area contributed by atoms with Crippen LogP contribution in [0, 0.1) is 0 Å². The second kappa shape index (κ2) is 7.31. The third-order valence-corrected chi connectivity index (χ3v) is 4.11. The van der Waals surface area contributed by atoms with Crippen molar-refractivity contribution in [2.75, 3.05) is 6.54 Å². The average Bonchev–Trinajstić information content (AvgIpc) is 2.65. The van der Waals surface area contributed by atoms with Crippen molar-refractivity contribution in [3.8, 4) is 11.3 Å². The molecule has 2 amide bonds. The number of carbonyl (C=O) groups is 2. The lowest BCUT2D eigenvalue weighted by Gasteiger charge is -2.26. The number of benzene rings is 1. The Morgan fingerprint density at radius 2 is 1.92 bits per heavy atom. The summed E-state index contributed by atoms with van der Waals surface area (Å²) in [5.41, 5.74) is 8.00. The van der Waals surface area contributed by atoms with Crippen LogP contribution in [-0.4, -0.2) is 39.3 Å². The van der Waals surface area contributed by atoms with E-state index < -0.39 is 5.91 Å². The lowest BCUT2D eigenvalue weighted by atomic mass is 10.0. The van der Waals surface area contributed by atoms with Crippen LogP contribution in [0.2, 0.25) is 0 Å². The molecule has 0 aliphatic carbocycles. The van der Waals surface area contributed by atoms with Crippen LogP contribution in [0.4, 0.5) is 0 Å². The van der Waals surface area contributed by atoms with Gasteiger partial charge >= 0.3 is 0 Å². The Bertz CT molecular complexity index is 954. The van der Waals surface area contributed by atoms with Gasteiger partial charge in [0.15, 0.2) is 0 Å². The number of nitrogens with two attached hydrogens (primary N) is 1. The van der Waals surface area contributed by atoms with E-state index in [0.717, 1.165) is 10.9 Å². The van der Waals surface area contributed by atoms with Gasteiger partial charge in [0.1, 0.15) is 0 Å². The number of para-hydroxylation sites is 1. The largest absolute Gasteiger partial charge is 0.368 e. The molecule has 6 nitrogen and oxygen atoms in total. The molecule has 2 N–H and O–H groups in total. The van der Waals surface area contributed by atoms with Gasteiger partial charge in [-0.15, -0.1) is 0 Å². The molecule has 3 aromatic rings. The van der Waals surface area contributed by atoms with Crippen molar-refractivity contribution >= 4 is 22.7 Å². The van der Waals surface area contributed by atoms with Crippen LogP contribution in [0.15, 0.2) is 54.9 Å². The molecule has 0 spiro atoms. The molecule has 0 saturated carbocycles. The first-order valence-corrected chi connectivity index (χ1v) is 8.37. The van der Waals surface area contributed by atoms with Crippen LogP contribution in [0.5, 0.6) is 0 Å². The van der Waals surface area contributed by atoms with E-state index in [1.54, 1.807) is 18.5 Å². The maximum atomic E-state index is 13.2. The topological polar surface area (TPSA) is 89.2 Å². The smallest absolute Gasteiger partial charge is 0.255 e. The molecule has 26 heavy (non-hydrogen) atoms. The predicted octanol–water partition coefficient (Wildman–Crippen LogP) is 2.63. The van der Waals surface area contributed by atoms with Crippen molar-refractivity contribution in [2.24, 2.45) is 5.73 Å². The number of hydrogen-bond acceptors (Lipinski definition) is 4. The molecule has 1 aromatic carbocycles. The molecule has 2 aromatic heterocycles. The molecule has 0 fully saturated rings. The van der Waals surface area contributed by atoms with E-state index in [1.165, 1.54) is 4.90 Å². The predicted molar refractivity (Wildman–Crippen MR) is 100 cm³/mol. The summed E-state index contributed by atoms with van der Waals surface area (Å²) in [7, 11) is 0. The van der Waals surface area contributed by atoms with Crippen LogP contribution in [0.25, 0.3) is 22.2 Å². The van der Waals surface area contributed by atoms with Gasteiger partial charge < -0.3 is 10.6 Å². The molecule has 0 radical (unpaired) electrons. The molecular weight excluding hydrogens is 328 g/mol. The summed E-state index contributed by atoms with van der Waals surface area (Å²) < 4.78 is 0. The van der Waals surface area contributed by atoms with Crippen LogP contribution >= 0.6 is 0 Å². The summed E-state index contributed by atoms with van der Waals surface area (Å²) in [5.74, 6) is -0.791. The third kappa shape index (κ3) is 3.54. The first kappa shape index (κ1) is 17.5. The fourth-order valence-electron chi connectivity index (χ4n) is 2.83.